The first-order valence-electron chi connectivity index (χ1n) is 10.2. The summed E-state index contributed by atoms with van der Waals surface area (Å²) >= 11 is 6.29. The van der Waals surface area contributed by atoms with E-state index in [0.717, 1.165) is 17.6 Å². The van der Waals surface area contributed by atoms with Crippen LogP contribution in [0.5, 0.6) is 0 Å². The van der Waals surface area contributed by atoms with Gasteiger partial charge in [0.25, 0.3) is 0 Å². The van der Waals surface area contributed by atoms with E-state index in [4.69, 9.17) is 22.3 Å². The molecule has 0 fully saturated rings. The molecule has 5 N–H and O–H groups in total. The van der Waals surface area contributed by atoms with Gasteiger partial charge in [-0.05, 0) is 36.4 Å². The molecule has 7 heteroatoms. The van der Waals surface area contributed by atoms with Crippen molar-refractivity contribution in [1.82, 2.24) is 10.6 Å². The zero-order chi connectivity index (χ0) is 22.2. The summed E-state index contributed by atoms with van der Waals surface area (Å²) in [7, 11) is 0. The summed E-state index contributed by atoms with van der Waals surface area (Å²) < 4.78 is 14.5. The minimum atomic E-state index is -0.330. The van der Waals surface area contributed by atoms with Gasteiger partial charge in [0.15, 0.2) is 0 Å². The maximum Gasteiger partial charge on any atom is 0.146 e. The molecule has 0 amide bonds. The van der Waals surface area contributed by atoms with Crippen LogP contribution in [0.25, 0.3) is 5.70 Å². The molecule has 0 aliphatic carbocycles. The zero-order valence-electron chi connectivity index (χ0n) is 17.5. The Labute approximate surface area is 187 Å². The highest BCUT2D eigenvalue weighted by molar-refractivity contribution is 6.31. The van der Waals surface area contributed by atoms with Gasteiger partial charge in [-0.2, -0.15) is 0 Å². The second-order valence-electron chi connectivity index (χ2n) is 7.10. The number of dihydropyridines is 1. The van der Waals surface area contributed by atoms with E-state index in [0.29, 0.717) is 53.1 Å². The standard InChI is InChI=1S/C24H27ClFN5/c1-3-12-29-23-18(8-6-10-21(23)26)16(2)31-24(19-11-13-28-15-22(19)27)30-14-17-7-4-5-9-20(17)25/h4-11,13,28-29H,2-3,12,14-15,27H2,1H3,(H,30,31). The molecule has 1 aliphatic rings. The average molecular weight is 440 g/mol. The number of aliphatic imine (C=N–C) groups is 1. The summed E-state index contributed by atoms with van der Waals surface area (Å²) in [6.07, 6.45) is 4.55. The molecule has 5 nitrogen and oxygen atoms in total. The Morgan fingerprint density at radius 3 is 2.81 bits per heavy atom. The van der Waals surface area contributed by atoms with E-state index in [-0.39, 0.29) is 5.82 Å². The quantitative estimate of drug-likeness (QED) is 0.352. The number of para-hydroxylation sites is 1. The number of anilines is 1. The van der Waals surface area contributed by atoms with Crippen molar-refractivity contribution in [2.75, 3.05) is 18.4 Å². The highest BCUT2D eigenvalue weighted by atomic mass is 35.5. The Balaban J connectivity index is 1.93. The highest BCUT2D eigenvalue weighted by Crippen LogP contribution is 2.25. The minimum absolute atomic E-state index is 0.330. The van der Waals surface area contributed by atoms with Crippen LogP contribution in [0.1, 0.15) is 24.5 Å². The first kappa shape index (κ1) is 22.4. The third-order valence-electron chi connectivity index (χ3n) is 4.79. The lowest BCUT2D eigenvalue weighted by atomic mass is 10.1. The Kier molecular flexibility index (Phi) is 7.73. The smallest absolute Gasteiger partial charge is 0.146 e. The van der Waals surface area contributed by atoms with Crippen molar-refractivity contribution in [3.63, 3.8) is 0 Å². The molecule has 0 bridgehead atoms. The predicted molar refractivity (Wildman–Crippen MR) is 128 cm³/mol. The van der Waals surface area contributed by atoms with Gasteiger partial charge in [0.05, 0.1) is 18.8 Å². The second kappa shape index (κ2) is 10.7. The van der Waals surface area contributed by atoms with Crippen molar-refractivity contribution in [1.29, 1.82) is 0 Å². The van der Waals surface area contributed by atoms with Crippen LogP contribution < -0.4 is 21.7 Å². The fraction of sp³-hybridized carbons (Fsp3) is 0.208. The summed E-state index contributed by atoms with van der Waals surface area (Å²) in [5.74, 6) is 0.217. The van der Waals surface area contributed by atoms with Crippen LogP contribution >= 0.6 is 11.6 Å². The molecule has 0 aromatic heterocycles. The Hall–Kier alpha value is -3.25. The first-order valence-corrected chi connectivity index (χ1v) is 10.5. The van der Waals surface area contributed by atoms with E-state index in [1.165, 1.54) is 6.07 Å². The maximum absolute atomic E-state index is 14.5. The monoisotopic (exact) mass is 439 g/mol. The molecular formula is C24H27ClFN5. The predicted octanol–water partition coefficient (Wildman–Crippen LogP) is 4.79. The van der Waals surface area contributed by atoms with Gasteiger partial charge in [-0.3, -0.25) is 4.99 Å². The van der Waals surface area contributed by atoms with Crippen LogP contribution in [0.2, 0.25) is 5.02 Å². The average Bonchev–Trinajstić information content (AvgIpc) is 2.77. The topological polar surface area (TPSA) is 74.5 Å². The number of benzene rings is 2. The normalized spacial score (nSPS) is 13.7. The molecule has 0 radical (unpaired) electrons. The number of nitrogens with zero attached hydrogens (tertiary/aromatic N) is 1. The largest absolute Gasteiger partial charge is 0.400 e. The molecule has 0 unspecified atom stereocenters. The van der Waals surface area contributed by atoms with Crippen LogP contribution in [-0.2, 0) is 6.54 Å². The summed E-state index contributed by atoms with van der Waals surface area (Å²) in [5.41, 5.74) is 10.1. The summed E-state index contributed by atoms with van der Waals surface area (Å²) in [6, 6.07) is 12.5. The van der Waals surface area contributed by atoms with Crippen molar-refractivity contribution < 1.29 is 4.39 Å². The molecule has 1 heterocycles. The van der Waals surface area contributed by atoms with Crippen molar-refractivity contribution >= 4 is 28.8 Å². The van der Waals surface area contributed by atoms with E-state index in [1.54, 1.807) is 6.07 Å². The number of halogens is 2. The lowest BCUT2D eigenvalue weighted by molar-refractivity contribution is 0.629. The van der Waals surface area contributed by atoms with E-state index < -0.39 is 0 Å². The molecule has 0 atom stereocenters. The number of hydrogen-bond acceptors (Lipinski definition) is 4. The third kappa shape index (κ3) is 5.67. The molecule has 1 aliphatic heterocycles. The summed E-state index contributed by atoms with van der Waals surface area (Å²) in [5, 5.41) is 10.1. The second-order valence-corrected chi connectivity index (χ2v) is 7.51. The third-order valence-corrected chi connectivity index (χ3v) is 5.16. The molecule has 2 aromatic carbocycles. The van der Waals surface area contributed by atoms with E-state index in [9.17, 15) is 4.39 Å². The SMILES string of the molecule is C=C(NC(=NCc1ccccc1Cl)C1=C(N)CNC=C1)c1cccc(F)c1NCCC. The van der Waals surface area contributed by atoms with Gasteiger partial charge in [-0.1, -0.05) is 55.4 Å². The maximum atomic E-state index is 14.5. The van der Waals surface area contributed by atoms with E-state index in [2.05, 4.69) is 22.5 Å². The van der Waals surface area contributed by atoms with Crippen LogP contribution in [0.15, 0.2) is 77.6 Å². The number of nitrogens with two attached hydrogens (primary N) is 1. The lowest BCUT2D eigenvalue weighted by Gasteiger charge is -2.20. The molecular weight excluding hydrogens is 413 g/mol. The van der Waals surface area contributed by atoms with Crippen molar-refractivity contribution in [3.05, 3.63) is 94.6 Å². The van der Waals surface area contributed by atoms with Crippen molar-refractivity contribution in [2.24, 2.45) is 10.7 Å². The summed E-state index contributed by atoms with van der Waals surface area (Å²) in [4.78, 5) is 4.74. The Morgan fingerprint density at radius 2 is 2.06 bits per heavy atom. The molecule has 2 aromatic rings. The molecule has 0 spiro atoms. The van der Waals surface area contributed by atoms with Gasteiger partial charge in [0, 0.05) is 34.1 Å². The van der Waals surface area contributed by atoms with Crippen LogP contribution in [0.4, 0.5) is 10.1 Å². The van der Waals surface area contributed by atoms with Crippen molar-refractivity contribution in [2.45, 2.75) is 19.9 Å². The van der Waals surface area contributed by atoms with Crippen LogP contribution in [-0.4, -0.2) is 18.9 Å². The fourth-order valence-electron chi connectivity index (χ4n) is 3.14. The van der Waals surface area contributed by atoms with Gasteiger partial charge in [0.1, 0.15) is 11.7 Å². The van der Waals surface area contributed by atoms with Gasteiger partial charge in [-0.25, -0.2) is 4.39 Å². The molecule has 0 saturated heterocycles. The molecule has 3 rings (SSSR count). The number of rotatable bonds is 8. The molecule has 0 saturated carbocycles. The molecule has 31 heavy (non-hydrogen) atoms. The Morgan fingerprint density at radius 1 is 1.26 bits per heavy atom. The summed E-state index contributed by atoms with van der Waals surface area (Å²) in [6.45, 7) is 7.69. The number of nitrogens with one attached hydrogen (secondary N) is 3. The van der Waals surface area contributed by atoms with Gasteiger partial charge < -0.3 is 21.7 Å². The number of hydrogen-bond donors (Lipinski definition) is 4. The highest BCUT2D eigenvalue weighted by Gasteiger charge is 2.16. The van der Waals surface area contributed by atoms with Crippen LogP contribution in [0, 0.1) is 5.82 Å². The Bertz CT molecular complexity index is 1040. The van der Waals surface area contributed by atoms with Gasteiger partial charge in [-0.15, -0.1) is 0 Å². The zero-order valence-corrected chi connectivity index (χ0v) is 18.3. The van der Waals surface area contributed by atoms with E-state index in [1.807, 2.05) is 49.5 Å². The lowest BCUT2D eigenvalue weighted by Crippen LogP contribution is -2.30. The minimum Gasteiger partial charge on any atom is -0.400 e. The van der Waals surface area contributed by atoms with Crippen molar-refractivity contribution in [3.8, 4) is 0 Å². The molecule has 162 valence electrons. The first-order chi connectivity index (χ1) is 15.0. The van der Waals surface area contributed by atoms with Gasteiger partial charge in [0.2, 0.25) is 0 Å². The van der Waals surface area contributed by atoms with E-state index >= 15 is 0 Å². The van der Waals surface area contributed by atoms with Gasteiger partial charge >= 0.3 is 0 Å². The fourth-order valence-corrected chi connectivity index (χ4v) is 3.34. The number of amidine groups is 1. The van der Waals surface area contributed by atoms with Crippen LogP contribution in [0.3, 0.4) is 0 Å².